The molecule has 0 spiro atoms. The molecular weight excluding hydrogens is 391 g/mol. The molecule has 0 saturated heterocycles. The first-order chi connectivity index (χ1) is 13.3. The number of nitrogens with one attached hydrogen (secondary N) is 1. The number of fused-ring (bicyclic) bond motifs is 1. The first-order valence-electron chi connectivity index (χ1n) is 9.24. The number of rotatable bonds is 5. The molecule has 2 aromatic rings. The van der Waals surface area contributed by atoms with E-state index in [9.17, 15) is 18.0 Å². The van der Waals surface area contributed by atoms with Crippen LogP contribution in [0.2, 0.25) is 5.02 Å². The van der Waals surface area contributed by atoms with Crippen molar-refractivity contribution in [2.45, 2.75) is 51.3 Å². The van der Waals surface area contributed by atoms with Crippen LogP contribution in [-0.4, -0.2) is 12.0 Å². The number of carbonyl (C=O) groups excluding carboxylic acids is 1. The smallest absolute Gasteiger partial charge is 0.417 e. The van der Waals surface area contributed by atoms with E-state index in [0.717, 1.165) is 31.4 Å². The van der Waals surface area contributed by atoms with Gasteiger partial charge in [-0.3, -0.25) is 4.79 Å². The SMILES string of the molecule is CC[C@@H](Oc1ccc2c(c1)CCCC2)C(=O)Nc1ccc(Cl)c(C(F)(F)F)c1. The lowest BCUT2D eigenvalue weighted by Crippen LogP contribution is -2.32. The predicted molar refractivity (Wildman–Crippen MR) is 103 cm³/mol. The monoisotopic (exact) mass is 411 g/mol. The Hall–Kier alpha value is -2.21. The van der Waals surface area contributed by atoms with Gasteiger partial charge in [0, 0.05) is 5.69 Å². The zero-order valence-corrected chi connectivity index (χ0v) is 16.2. The first kappa shape index (κ1) is 20.5. The average Bonchev–Trinajstić information content (AvgIpc) is 2.66. The van der Waals surface area contributed by atoms with Gasteiger partial charge in [0.05, 0.1) is 10.6 Å². The molecule has 0 fully saturated rings. The molecule has 7 heteroatoms. The third-order valence-corrected chi connectivity index (χ3v) is 5.13. The van der Waals surface area contributed by atoms with Crippen LogP contribution in [0, 0.1) is 0 Å². The third-order valence-electron chi connectivity index (χ3n) is 4.80. The molecule has 1 aliphatic carbocycles. The van der Waals surface area contributed by atoms with Gasteiger partial charge in [-0.15, -0.1) is 0 Å². The molecule has 28 heavy (non-hydrogen) atoms. The average molecular weight is 412 g/mol. The van der Waals surface area contributed by atoms with E-state index in [1.165, 1.54) is 23.6 Å². The maximum Gasteiger partial charge on any atom is 0.417 e. The van der Waals surface area contributed by atoms with E-state index in [4.69, 9.17) is 16.3 Å². The van der Waals surface area contributed by atoms with Crippen LogP contribution >= 0.6 is 11.6 Å². The zero-order chi connectivity index (χ0) is 20.3. The molecule has 1 aliphatic rings. The van der Waals surface area contributed by atoms with Crippen molar-refractivity contribution < 1.29 is 22.7 Å². The number of halogens is 4. The summed E-state index contributed by atoms with van der Waals surface area (Å²) in [5.41, 5.74) is 1.56. The third kappa shape index (κ3) is 4.79. The Morgan fingerprint density at radius 2 is 1.86 bits per heavy atom. The standard InChI is InChI=1S/C21H21ClF3NO2/c1-2-19(28-16-9-7-13-5-3-4-6-14(13)11-16)20(27)26-15-8-10-18(22)17(12-15)21(23,24)25/h7-12,19H,2-6H2,1H3,(H,26,27)/t19-/m1/s1. The predicted octanol–water partition coefficient (Wildman–Crippen LogP) is 6.03. The van der Waals surface area contributed by atoms with Crippen LogP contribution in [-0.2, 0) is 23.8 Å². The topological polar surface area (TPSA) is 38.3 Å². The highest BCUT2D eigenvalue weighted by Crippen LogP contribution is 2.36. The molecule has 1 atom stereocenters. The van der Waals surface area contributed by atoms with Crippen LogP contribution < -0.4 is 10.1 Å². The summed E-state index contributed by atoms with van der Waals surface area (Å²) in [6.45, 7) is 1.78. The zero-order valence-electron chi connectivity index (χ0n) is 15.4. The van der Waals surface area contributed by atoms with Crippen LogP contribution in [0.1, 0.15) is 42.9 Å². The van der Waals surface area contributed by atoms with Gasteiger partial charge in [0.1, 0.15) is 5.75 Å². The van der Waals surface area contributed by atoms with Crippen molar-refractivity contribution in [1.82, 2.24) is 0 Å². The van der Waals surface area contributed by atoms with Gasteiger partial charge in [-0.25, -0.2) is 0 Å². The van der Waals surface area contributed by atoms with Gasteiger partial charge in [0.2, 0.25) is 0 Å². The summed E-state index contributed by atoms with van der Waals surface area (Å²) in [5, 5.41) is 2.08. The number of aryl methyl sites for hydroxylation is 2. The Labute approximate surface area is 166 Å². The summed E-state index contributed by atoms with van der Waals surface area (Å²) < 4.78 is 44.8. The number of anilines is 1. The summed E-state index contributed by atoms with van der Waals surface area (Å²) in [5.74, 6) is 0.0883. The van der Waals surface area contributed by atoms with Gasteiger partial charge in [0.15, 0.2) is 6.10 Å². The highest BCUT2D eigenvalue weighted by molar-refractivity contribution is 6.31. The molecule has 1 amide bonds. The van der Waals surface area contributed by atoms with Crippen molar-refractivity contribution in [3.8, 4) is 5.75 Å². The fourth-order valence-corrected chi connectivity index (χ4v) is 3.54. The fourth-order valence-electron chi connectivity index (χ4n) is 3.31. The maximum absolute atomic E-state index is 13.0. The summed E-state index contributed by atoms with van der Waals surface area (Å²) in [6, 6.07) is 9.08. The number of hydrogen-bond acceptors (Lipinski definition) is 2. The lowest BCUT2D eigenvalue weighted by Gasteiger charge is -2.21. The van der Waals surface area contributed by atoms with Crippen molar-refractivity contribution in [1.29, 1.82) is 0 Å². The first-order valence-corrected chi connectivity index (χ1v) is 9.62. The Morgan fingerprint density at radius 3 is 2.54 bits per heavy atom. The number of benzene rings is 2. The van der Waals surface area contributed by atoms with E-state index in [-0.39, 0.29) is 5.69 Å². The lowest BCUT2D eigenvalue weighted by atomic mass is 9.92. The molecule has 3 nitrogen and oxygen atoms in total. The van der Waals surface area contributed by atoms with Gasteiger partial charge in [-0.05, 0) is 73.6 Å². The quantitative estimate of drug-likeness (QED) is 0.652. The minimum absolute atomic E-state index is 0.0224. The number of ether oxygens (including phenoxy) is 1. The van der Waals surface area contributed by atoms with Gasteiger partial charge in [-0.2, -0.15) is 13.2 Å². The van der Waals surface area contributed by atoms with Gasteiger partial charge < -0.3 is 10.1 Å². The van der Waals surface area contributed by atoms with Gasteiger partial charge >= 0.3 is 6.18 Å². The minimum atomic E-state index is -4.60. The second kappa shape index (κ2) is 8.43. The summed E-state index contributed by atoms with van der Waals surface area (Å²) >= 11 is 5.62. The number of carbonyl (C=O) groups is 1. The van der Waals surface area contributed by atoms with Crippen molar-refractivity contribution in [3.05, 3.63) is 58.1 Å². The number of alkyl halides is 3. The molecule has 2 aromatic carbocycles. The van der Waals surface area contributed by atoms with E-state index in [1.54, 1.807) is 6.92 Å². The lowest BCUT2D eigenvalue weighted by molar-refractivity contribution is -0.137. The normalized spacial score (nSPS) is 14.9. The second-order valence-corrected chi connectivity index (χ2v) is 7.24. The Kier molecular flexibility index (Phi) is 6.18. The van der Waals surface area contributed by atoms with Crippen molar-refractivity contribution >= 4 is 23.2 Å². The van der Waals surface area contributed by atoms with Crippen LogP contribution in [0.4, 0.5) is 18.9 Å². The van der Waals surface area contributed by atoms with E-state index >= 15 is 0 Å². The molecule has 0 bridgehead atoms. The molecule has 1 N–H and O–H groups in total. The largest absolute Gasteiger partial charge is 0.481 e. The van der Waals surface area contributed by atoms with Gasteiger partial charge in [-0.1, -0.05) is 24.6 Å². The summed E-state index contributed by atoms with van der Waals surface area (Å²) in [4.78, 5) is 12.5. The molecule has 3 rings (SSSR count). The van der Waals surface area contributed by atoms with E-state index < -0.39 is 28.8 Å². The molecule has 0 aromatic heterocycles. The fraction of sp³-hybridized carbons (Fsp3) is 0.381. The Morgan fingerprint density at radius 1 is 1.14 bits per heavy atom. The molecule has 0 radical (unpaired) electrons. The summed E-state index contributed by atoms with van der Waals surface area (Å²) in [7, 11) is 0. The highest BCUT2D eigenvalue weighted by Gasteiger charge is 2.33. The molecule has 150 valence electrons. The van der Waals surface area contributed by atoms with E-state index in [2.05, 4.69) is 5.32 Å². The minimum Gasteiger partial charge on any atom is -0.481 e. The van der Waals surface area contributed by atoms with E-state index in [1.807, 2.05) is 18.2 Å². The van der Waals surface area contributed by atoms with E-state index in [0.29, 0.717) is 12.2 Å². The summed E-state index contributed by atoms with van der Waals surface area (Å²) in [6.07, 6.45) is -0.692. The maximum atomic E-state index is 13.0. The Balaban J connectivity index is 1.72. The molecule has 0 heterocycles. The van der Waals surface area contributed by atoms with Crippen LogP contribution in [0.3, 0.4) is 0 Å². The van der Waals surface area contributed by atoms with Gasteiger partial charge in [0.25, 0.3) is 5.91 Å². The molecule has 0 saturated carbocycles. The van der Waals surface area contributed by atoms with Crippen LogP contribution in [0.15, 0.2) is 36.4 Å². The molecule has 0 unspecified atom stereocenters. The highest BCUT2D eigenvalue weighted by atomic mass is 35.5. The molecule has 0 aliphatic heterocycles. The van der Waals surface area contributed by atoms with Crippen LogP contribution in [0.25, 0.3) is 0 Å². The van der Waals surface area contributed by atoms with Crippen molar-refractivity contribution in [3.63, 3.8) is 0 Å². The van der Waals surface area contributed by atoms with Crippen molar-refractivity contribution in [2.75, 3.05) is 5.32 Å². The van der Waals surface area contributed by atoms with Crippen molar-refractivity contribution in [2.24, 2.45) is 0 Å². The van der Waals surface area contributed by atoms with Crippen LogP contribution in [0.5, 0.6) is 5.75 Å². The molecular formula is C21H21ClF3NO2. The second-order valence-electron chi connectivity index (χ2n) is 6.83. The number of hydrogen-bond donors (Lipinski definition) is 1. The number of amides is 1. The Bertz CT molecular complexity index is 867.